The molecule has 0 heterocycles. The number of nitrogens with one attached hydrogen (secondary N) is 1. The third kappa shape index (κ3) is 2.37. The number of halogens is 1. The van der Waals surface area contributed by atoms with Crippen molar-refractivity contribution >= 4 is 21.8 Å². The van der Waals surface area contributed by atoms with Gasteiger partial charge in [0.05, 0.1) is 0 Å². The Kier molecular flexibility index (Phi) is 3.25. The predicted molar refractivity (Wildman–Crippen MR) is 74.8 cm³/mol. The van der Waals surface area contributed by atoms with Crippen LogP contribution < -0.4 is 5.32 Å². The smallest absolute Gasteiger partial charge is 0.223 e. The highest BCUT2D eigenvalue weighted by atomic mass is 79.9. The summed E-state index contributed by atoms with van der Waals surface area (Å²) in [6.07, 6.45) is 6.70. The van der Waals surface area contributed by atoms with Gasteiger partial charge in [-0.1, -0.05) is 40.2 Å². The molecule has 2 nitrogen and oxygen atoms in total. The van der Waals surface area contributed by atoms with Crippen LogP contribution in [0.3, 0.4) is 0 Å². The lowest BCUT2D eigenvalue weighted by Gasteiger charge is -2.17. The van der Waals surface area contributed by atoms with Gasteiger partial charge in [-0.3, -0.25) is 4.79 Å². The Bertz CT molecular complexity index is 480. The van der Waals surface area contributed by atoms with Crippen LogP contribution in [-0.2, 0) is 11.3 Å². The first kappa shape index (κ1) is 12.0. The minimum Gasteiger partial charge on any atom is -0.352 e. The monoisotopic (exact) mass is 305 g/mol. The van der Waals surface area contributed by atoms with Crippen molar-refractivity contribution in [2.75, 3.05) is 0 Å². The highest BCUT2D eigenvalue weighted by Gasteiger charge is 2.39. The topological polar surface area (TPSA) is 29.1 Å². The molecule has 1 aromatic rings. The van der Waals surface area contributed by atoms with Gasteiger partial charge in [-0.15, -0.1) is 0 Å². The molecule has 0 spiro atoms. The molecule has 0 radical (unpaired) electrons. The molecule has 1 aromatic carbocycles. The van der Waals surface area contributed by atoms with Crippen LogP contribution in [0.5, 0.6) is 0 Å². The zero-order chi connectivity index (χ0) is 12.5. The molecule has 2 aliphatic rings. The third-order valence-corrected chi connectivity index (χ3v) is 4.52. The summed E-state index contributed by atoms with van der Waals surface area (Å²) in [5, 5.41) is 3.06. The summed E-state index contributed by atoms with van der Waals surface area (Å²) in [7, 11) is 0. The lowest BCUT2D eigenvalue weighted by atomic mass is 9.93. The summed E-state index contributed by atoms with van der Waals surface area (Å²) in [5.41, 5.74) is 1.14. The van der Waals surface area contributed by atoms with Crippen LogP contribution in [0.2, 0.25) is 0 Å². The number of fused-ring (bicyclic) bond motifs is 2. The van der Waals surface area contributed by atoms with Gasteiger partial charge in [0, 0.05) is 16.9 Å². The van der Waals surface area contributed by atoms with Gasteiger partial charge in [0.15, 0.2) is 0 Å². The lowest BCUT2D eigenvalue weighted by molar-refractivity contribution is -0.125. The Morgan fingerprint density at radius 2 is 2.00 bits per heavy atom. The van der Waals surface area contributed by atoms with Crippen LogP contribution in [0.4, 0.5) is 0 Å². The molecule has 3 heteroatoms. The predicted octanol–water partition coefficient (Wildman–Crippen LogP) is 3.28. The zero-order valence-electron chi connectivity index (χ0n) is 10.1. The summed E-state index contributed by atoms with van der Waals surface area (Å²) < 4.78 is 1.07. The van der Waals surface area contributed by atoms with Gasteiger partial charge in [-0.05, 0) is 42.4 Å². The number of hydrogen-bond donors (Lipinski definition) is 1. The van der Waals surface area contributed by atoms with Gasteiger partial charge >= 0.3 is 0 Å². The van der Waals surface area contributed by atoms with Crippen LogP contribution in [0.1, 0.15) is 18.4 Å². The second-order valence-corrected chi connectivity index (χ2v) is 6.15. The van der Waals surface area contributed by atoms with E-state index in [9.17, 15) is 4.79 Å². The van der Waals surface area contributed by atoms with Crippen LogP contribution in [0.15, 0.2) is 40.9 Å². The average Bonchev–Trinajstić information content (AvgIpc) is 3.00. The second kappa shape index (κ2) is 4.88. The minimum atomic E-state index is 0.204. The van der Waals surface area contributed by atoms with E-state index in [0.717, 1.165) is 16.5 Å². The standard InChI is InChI=1S/C15H16BrNO/c16-13-5-2-10(3-6-13)9-17-15(18)14-8-11-1-4-12(14)7-11/h1-6,11-12,14H,7-9H2,(H,17,18). The Balaban J connectivity index is 1.56. The molecule has 3 atom stereocenters. The van der Waals surface area contributed by atoms with E-state index in [4.69, 9.17) is 0 Å². The minimum absolute atomic E-state index is 0.204. The van der Waals surface area contributed by atoms with Gasteiger partial charge in [0.25, 0.3) is 0 Å². The summed E-state index contributed by atoms with van der Waals surface area (Å²) >= 11 is 3.41. The fraction of sp³-hybridized carbons (Fsp3) is 0.400. The van der Waals surface area contributed by atoms with E-state index < -0.39 is 0 Å². The highest BCUT2D eigenvalue weighted by Crippen LogP contribution is 2.43. The average molecular weight is 306 g/mol. The molecule has 3 unspecified atom stereocenters. The van der Waals surface area contributed by atoms with E-state index in [1.54, 1.807) is 0 Å². The largest absolute Gasteiger partial charge is 0.352 e. The maximum absolute atomic E-state index is 12.1. The van der Waals surface area contributed by atoms with Crippen molar-refractivity contribution in [2.45, 2.75) is 19.4 Å². The van der Waals surface area contributed by atoms with Crippen molar-refractivity contribution in [1.82, 2.24) is 5.32 Å². The molecule has 2 bridgehead atoms. The quantitative estimate of drug-likeness (QED) is 0.853. The third-order valence-electron chi connectivity index (χ3n) is 4.00. The van der Waals surface area contributed by atoms with Crippen molar-refractivity contribution in [3.63, 3.8) is 0 Å². The Morgan fingerprint density at radius 3 is 2.61 bits per heavy atom. The Hall–Kier alpha value is -1.09. The lowest BCUT2D eigenvalue weighted by Crippen LogP contribution is -2.32. The van der Waals surface area contributed by atoms with Crippen molar-refractivity contribution in [1.29, 1.82) is 0 Å². The highest BCUT2D eigenvalue weighted by molar-refractivity contribution is 9.10. The van der Waals surface area contributed by atoms with Crippen molar-refractivity contribution in [3.05, 3.63) is 46.5 Å². The number of allylic oxidation sites excluding steroid dienone is 2. The summed E-state index contributed by atoms with van der Waals surface area (Å²) in [4.78, 5) is 12.1. The van der Waals surface area contributed by atoms with Gasteiger partial charge < -0.3 is 5.32 Å². The van der Waals surface area contributed by atoms with E-state index in [-0.39, 0.29) is 11.8 Å². The SMILES string of the molecule is O=C(NCc1ccc(Br)cc1)C1CC2C=CC1C2. The number of hydrogen-bond acceptors (Lipinski definition) is 1. The van der Waals surface area contributed by atoms with E-state index in [1.807, 2.05) is 24.3 Å². The van der Waals surface area contributed by atoms with Gasteiger partial charge in [0.1, 0.15) is 0 Å². The van der Waals surface area contributed by atoms with E-state index >= 15 is 0 Å². The normalized spacial score (nSPS) is 28.6. The first-order chi connectivity index (χ1) is 8.72. The van der Waals surface area contributed by atoms with E-state index in [2.05, 4.69) is 33.4 Å². The number of amides is 1. The van der Waals surface area contributed by atoms with Crippen LogP contribution >= 0.6 is 15.9 Å². The molecule has 3 rings (SSSR count). The number of carbonyl (C=O) groups excluding carboxylic acids is 1. The number of rotatable bonds is 3. The zero-order valence-corrected chi connectivity index (χ0v) is 11.7. The first-order valence-electron chi connectivity index (χ1n) is 6.43. The Morgan fingerprint density at radius 1 is 1.22 bits per heavy atom. The van der Waals surface area contributed by atoms with Crippen LogP contribution in [0, 0.1) is 17.8 Å². The number of benzene rings is 1. The maximum atomic E-state index is 12.1. The molecule has 0 aliphatic heterocycles. The molecule has 18 heavy (non-hydrogen) atoms. The van der Waals surface area contributed by atoms with E-state index in [1.165, 1.54) is 6.42 Å². The molecule has 1 N–H and O–H groups in total. The first-order valence-corrected chi connectivity index (χ1v) is 7.22. The second-order valence-electron chi connectivity index (χ2n) is 5.23. The van der Waals surface area contributed by atoms with E-state index in [0.29, 0.717) is 18.4 Å². The molecule has 1 fully saturated rings. The van der Waals surface area contributed by atoms with Gasteiger partial charge in [-0.25, -0.2) is 0 Å². The van der Waals surface area contributed by atoms with Gasteiger partial charge in [0.2, 0.25) is 5.91 Å². The number of carbonyl (C=O) groups is 1. The molecule has 0 aromatic heterocycles. The molecule has 94 valence electrons. The fourth-order valence-corrected chi connectivity index (χ4v) is 3.27. The molecular weight excluding hydrogens is 290 g/mol. The van der Waals surface area contributed by atoms with Crippen LogP contribution in [-0.4, -0.2) is 5.91 Å². The molecular formula is C15H16BrNO. The molecule has 1 saturated carbocycles. The molecule has 1 amide bonds. The van der Waals surface area contributed by atoms with Gasteiger partial charge in [-0.2, -0.15) is 0 Å². The molecule has 2 aliphatic carbocycles. The van der Waals surface area contributed by atoms with Crippen molar-refractivity contribution in [3.8, 4) is 0 Å². The fourth-order valence-electron chi connectivity index (χ4n) is 3.00. The maximum Gasteiger partial charge on any atom is 0.223 e. The summed E-state index contributed by atoms with van der Waals surface area (Å²) in [6, 6.07) is 8.07. The van der Waals surface area contributed by atoms with Crippen molar-refractivity contribution in [2.24, 2.45) is 17.8 Å². The molecule has 0 saturated heterocycles. The summed E-state index contributed by atoms with van der Waals surface area (Å²) in [6.45, 7) is 0.629. The van der Waals surface area contributed by atoms with Crippen molar-refractivity contribution < 1.29 is 4.79 Å². The Labute approximate surface area is 116 Å². The summed E-state index contributed by atoms with van der Waals surface area (Å²) in [5.74, 6) is 1.56. The van der Waals surface area contributed by atoms with Crippen LogP contribution in [0.25, 0.3) is 0 Å².